The van der Waals surface area contributed by atoms with Gasteiger partial charge >= 0.3 is 5.97 Å². The van der Waals surface area contributed by atoms with E-state index in [1.165, 1.54) is 9.80 Å². The molecule has 0 radical (unpaired) electrons. The number of nitrogens with two attached hydrogens (primary N) is 1. The van der Waals surface area contributed by atoms with Gasteiger partial charge in [-0.25, -0.2) is 4.79 Å². The lowest BCUT2D eigenvalue weighted by Crippen LogP contribution is -2.65. The molecule has 2 heterocycles. The highest BCUT2D eigenvalue weighted by Gasteiger charge is 2.49. The second kappa shape index (κ2) is 6.60. The normalized spacial score (nSPS) is 26.4. The number of piperazine rings is 1. The maximum absolute atomic E-state index is 12.7. The summed E-state index contributed by atoms with van der Waals surface area (Å²) >= 11 is 0. The lowest BCUT2D eigenvalue weighted by Gasteiger charge is -2.43. The van der Waals surface area contributed by atoms with Crippen molar-refractivity contribution in [3.8, 4) is 0 Å². The first-order valence-corrected chi connectivity index (χ1v) is 8.11. The van der Waals surface area contributed by atoms with E-state index in [-0.39, 0.29) is 30.8 Å². The average Bonchev–Trinajstić information content (AvgIpc) is 3.00. The second-order valence-electron chi connectivity index (χ2n) is 6.29. The fourth-order valence-electron chi connectivity index (χ4n) is 3.67. The molecule has 7 heteroatoms. The van der Waals surface area contributed by atoms with Crippen LogP contribution in [0.1, 0.15) is 18.4 Å². The molecule has 2 aliphatic heterocycles. The highest BCUT2D eigenvalue weighted by Crippen LogP contribution is 2.31. The van der Waals surface area contributed by atoms with Gasteiger partial charge in [-0.3, -0.25) is 9.59 Å². The quantitative estimate of drug-likeness (QED) is 0.798. The van der Waals surface area contributed by atoms with Crippen molar-refractivity contribution in [3.05, 3.63) is 35.9 Å². The number of benzene rings is 1. The van der Waals surface area contributed by atoms with Crippen LogP contribution in [0.15, 0.2) is 30.3 Å². The molecule has 0 saturated carbocycles. The van der Waals surface area contributed by atoms with Gasteiger partial charge in [0.05, 0.1) is 12.5 Å². The fourth-order valence-corrected chi connectivity index (χ4v) is 3.67. The van der Waals surface area contributed by atoms with E-state index in [2.05, 4.69) is 0 Å². The van der Waals surface area contributed by atoms with Crippen molar-refractivity contribution in [2.45, 2.75) is 37.4 Å². The van der Waals surface area contributed by atoms with Crippen molar-refractivity contribution in [1.29, 1.82) is 0 Å². The molecule has 2 fully saturated rings. The summed E-state index contributed by atoms with van der Waals surface area (Å²) in [6.07, 6.45) is 1.22. The van der Waals surface area contributed by atoms with Crippen molar-refractivity contribution >= 4 is 17.8 Å². The zero-order valence-corrected chi connectivity index (χ0v) is 13.3. The molecular formula is C17H21N3O4. The molecule has 2 aliphatic rings. The lowest BCUT2D eigenvalue weighted by molar-refractivity contribution is -0.160. The third-order valence-corrected chi connectivity index (χ3v) is 4.85. The minimum Gasteiger partial charge on any atom is -0.480 e. The predicted molar refractivity (Wildman–Crippen MR) is 86.0 cm³/mol. The molecule has 24 heavy (non-hydrogen) atoms. The van der Waals surface area contributed by atoms with Crippen LogP contribution >= 0.6 is 0 Å². The molecule has 1 aromatic carbocycles. The molecule has 0 aromatic heterocycles. The largest absolute Gasteiger partial charge is 0.480 e. The van der Waals surface area contributed by atoms with Crippen molar-refractivity contribution < 1.29 is 19.5 Å². The van der Waals surface area contributed by atoms with E-state index in [1.807, 2.05) is 30.3 Å². The van der Waals surface area contributed by atoms with Gasteiger partial charge < -0.3 is 20.6 Å². The summed E-state index contributed by atoms with van der Waals surface area (Å²) in [6, 6.07) is 7.51. The average molecular weight is 331 g/mol. The van der Waals surface area contributed by atoms with Crippen LogP contribution in [0.4, 0.5) is 0 Å². The molecule has 3 N–H and O–H groups in total. The van der Waals surface area contributed by atoms with E-state index in [0.29, 0.717) is 19.4 Å². The molecule has 0 aliphatic carbocycles. The minimum absolute atomic E-state index is 0.00504. The Bertz CT molecular complexity index is 648. The Kier molecular flexibility index (Phi) is 4.53. The third kappa shape index (κ3) is 2.87. The maximum atomic E-state index is 12.7. The first-order valence-electron chi connectivity index (χ1n) is 8.11. The van der Waals surface area contributed by atoms with Crippen molar-refractivity contribution in [2.24, 2.45) is 5.73 Å². The topological polar surface area (TPSA) is 104 Å². The predicted octanol–water partition coefficient (Wildman–Crippen LogP) is -0.157. The standard InChI is InChI=1S/C17H21N3O4/c18-9-14-16(22)20-12(6-7-13(20)17(23)24)10-19(14)15(21)8-11-4-2-1-3-5-11/h1-5,12-14H,6-10,18H2,(H,23,24). The second-order valence-corrected chi connectivity index (χ2v) is 6.29. The van der Waals surface area contributed by atoms with Crippen molar-refractivity contribution in [2.75, 3.05) is 13.1 Å². The zero-order chi connectivity index (χ0) is 17.3. The number of carbonyl (C=O) groups is 3. The highest BCUT2D eigenvalue weighted by molar-refractivity contribution is 5.93. The summed E-state index contributed by atoms with van der Waals surface area (Å²) in [7, 11) is 0. The van der Waals surface area contributed by atoms with Gasteiger partial charge in [0, 0.05) is 13.1 Å². The minimum atomic E-state index is -0.995. The fraction of sp³-hybridized carbons (Fsp3) is 0.471. The number of nitrogens with zero attached hydrogens (tertiary/aromatic N) is 2. The van der Waals surface area contributed by atoms with Crippen LogP contribution in [-0.4, -0.2) is 63.9 Å². The number of carboxylic acids is 1. The lowest BCUT2D eigenvalue weighted by atomic mass is 10.0. The van der Waals surface area contributed by atoms with Crippen LogP contribution in [0.25, 0.3) is 0 Å². The first kappa shape index (κ1) is 16.4. The van der Waals surface area contributed by atoms with Gasteiger partial charge in [-0.2, -0.15) is 0 Å². The summed E-state index contributed by atoms with van der Waals surface area (Å²) in [5.41, 5.74) is 6.61. The Morgan fingerprint density at radius 2 is 1.92 bits per heavy atom. The number of hydrogen-bond acceptors (Lipinski definition) is 4. The van der Waals surface area contributed by atoms with Crippen LogP contribution in [0, 0.1) is 0 Å². The van der Waals surface area contributed by atoms with Gasteiger partial charge in [-0.05, 0) is 18.4 Å². The number of carbonyl (C=O) groups excluding carboxylic acids is 2. The molecule has 3 rings (SSSR count). The number of fused-ring (bicyclic) bond motifs is 1. The van der Waals surface area contributed by atoms with Crippen LogP contribution in [-0.2, 0) is 20.8 Å². The van der Waals surface area contributed by atoms with E-state index in [1.54, 1.807) is 0 Å². The molecule has 1 aromatic rings. The summed E-state index contributed by atoms with van der Waals surface area (Å²) in [5, 5.41) is 9.29. The van der Waals surface area contributed by atoms with Crippen molar-refractivity contribution in [3.63, 3.8) is 0 Å². The summed E-state index contributed by atoms with van der Waals surface area (Å²) in [5.74, 6) is -1.49. The Balaban J connectivity index is 1.79. The number of aliphatic carboxylic acids is 1. The molecule has 3 atom stereocenters. The Labute approximate surface area is 140 Å². The van der Waals surface area contributed by atoms with Gasteiger partial charge in [0.15, 0.2) is 0 Å². The van der Waals surface area contributed by atoms with E-state index < -0.39 is 18.1 Å². The molecule has 128 valence electrons. The van der Waals surface area contributed by atoms with E-state index in [0.717, 1.165) is 5.56 Å². The van der Waals surface area contributed by atoms with Crippen molar-refractivity contribution in [1.82, 2.24) is 9.80 Å². The van der Waals surface area contributed by atoms with Gasteiger partial charge in [0.1, 0.15) is 12.1 Å². The van der Waals surface area contributed by atoms with E-state index in [9.17, 15) is 19.5 Å². The molecule has 7 nitrogen and oxygen atoms in total. The summed E-state index contributed by atoms with van der Waals surface area (Å²) < 4.78 is 0. The molecule has 0 bridgehead atoms. The van der Waals surface area contributed by atoms with Crippen LogP contribution in [0.3, 0.4) is 0 Å². The molecule has 0 spiro atoms. The SMILES string of the molecule is NCC1C(=O)N2C(CCC2C(=O)O)CN1C(=O)Cc1ccccc1. The molecule has 2 amide bonds. The number of rotatable bonds is 4. The molecular weight excluding hydrogens is 310 g/mol. The monoisotopic (exact) mass is 331 g/mol. The highest BCUT2D eigenvalue weighted by atomic mass is 16.4. The van der Waals surface area contributed by atoms with E-state index >= 15 is 0 Å². The Morgan fingerprint density at radius 1 is 1.21 bits per heavy atom. The van der Waals surface area contributed by atoms with Gasteiger partial charge in [0.2, 0.25) is 11.8 Å². The number of amides is 2. The molecule has 3 unspecified atom stereocenters. The van der Waals surface area contributed by atoms with Gasteiger partial charge in [0.25, 0.3) is 0 Å². The Hall–Kier alpha value is -2.41. The number of hydrogen-bond donors (Lipinski definition) is 2. The maximum Gasteiger partial charge on any atom is 0.326 e. The Morgan fingerprint density at radius 3 is 2.54 bits per heavy atom. The zero-order valence-electron chi connectivity index (χ0n) is 13.3. The van der Waals surface area contributed by atoms with Crippen LogP contribution in [0.5, 0.6) is 0 Å². The van der Waals surface area contributed by atoms with E-state index in [4.69, 9.17) is 5.73 Å². The summed E-state index contributed by atoms with van der Waals surface area (Å²) in [6.45, 7) is 0.345. The van der Waals surface area contributed by atoms with Crippen LogP contribution in [0.2, 0.25) is 0 Å². The van der Waals surface area contributed by atoms with Crippen LogP contribution < -0.4 is 5.73 Å². The summed E-state index contributed by atoms with van der Waals surface area (Å²) in [4.78, 5) is 39.7. The van der Waals surface area contributed by atoms with Gasteiger partial charge in [-0.15, -0.1) is 0 Å². The number of carboxylic acid groups (broad SMARTS) is 1. The first-order chi connectivity index (χ1) is 11.5. The smallest absolute Gasteiger partial charge is 0.326 e. The third-order valence-electron chi connectivity index (χ3n) is 4.85. The molecule has 2 saturated heterocycles. The van der Waals surface area contributed by atoms with Gasteiger partial charge in [-0.1, -0.05) is 30.3 Å².